The molecule has 0 bridgehead atoms. The van der Waals surface area contributed by atoms with E-state index >= 15 is 0 Å². The van der Waals surface area contributed by atoms with Crippen LogP contribution in [0.2, 0.25) is 0 Å². The van der Waals surface area contributed by atoms with E-state index in [-0.39, 0.29) is 11.9 Å². The van der Waals surface area contributed by atoms with Crippen molar-refractivity contribution in [3.05, 3.63) is 64.1 Å². The Kier molecular flexibility index (Phi) is 6.63. The Balaban J connectivity index is 1.47. The van der Waals surface area contributed by atoms with Crippen LogP contribution in [0.4, 0.5) is 0 Å². The summed E-state index contributed by atoms with van der Waals surface area (Å²) in [4.78, 5) is 16.6. The molecule has 2 aromatic heterocycles. The molecule has 3 heterocycles. The number of rotatable bonds is 8. The lowest BCUT2D eigenvalue weighted by Gasteiger charge is -2.36. The molecule has 6 nitrogen and oxygen atoms in total. The third-order valence-electron chi connectivity index (χ3n) is 5.05. The molecular formula is C21H24N4O2S2. The minimum absolute atomic E-state index is 0.0149. The van der Waals surface area contributed by atoms with E-state index in [0.29, 0.717) is 12.4 Å². The second-order valence-corrected chi connectivity index (χ2v) is 8.83. The maximum atomic E-state index is 13.2. The summed E-state index contributed by atoms with van der Waals surface area (Å²) in [6.45, 7) is 2.22. The summed E-state index contributed by atoms with van der Waals surface area (Å²) in [7, 11) is 1.70. The average Bonchev–Trinajstić information content (AvgIpc) is 3.41. The fraction of sp³-hybridized carbons (Fsp3) is 0.381. The van der Waals surface area contributed by atoms with Crippen molar-refractivity contribution in [2.45, 2.75) is 30.6 Å². The molecule has 1 aliphatic heterocycles. The zero-order chi connectivity index (χ0) is 20.1. The van der Waals surface area contributed by atoms with Crippen molar-refractivity contribution in [2.75, 3.05) is 26.0 Å². The number of fused-ring (bicyclic) bond motifs is 1. The van der Waals surface area contributed by atoms with Gasteiger partial charge in [-0.1, -0.05) is 42.1 Å². The van der Waals surface area contributed by atoms with Crippen LogP contribution >= 0.6 is 23.1 Å². The third-order valence-corrected chi connectivity index (χ3v) is 7.02. The molecule has 0 radical (unpaired) electrons. The number of ether oxygens (including phenoxy) is 1. The zero-order valence-electron chi connectivity index (χ0n) is 16.4. The first kappa shape index (κ1) is 20.1. The Hall–Kier alpha value is -2.16. The van der Waals surface area contributed by atoms with Gasteiger partial charge < -0.3 is 14.2 Å². The van der Waals surface area contributed by atoms with Gasteiger partial charge in [0.05, 0.1) is 11.8 Å². The first-order valence-electron chi connectivity index (χ1n) is 9.68. The molecule has 1 aliphatic rings. The molecule has 29 heavy (non-hydrogen) atoms. The van der Waals surface area contributed by atoms with Crippen molar-refractivity contribution in [3.8, 4) is 0 Å². The van der Waals surface area contributed by atoms with Crippen LogP contribution in [0.5, 0.6) is 0 Å². The maximum absolute atomic E-state index is 13.2. The lowest BCUT2D eigenvalue weighted by atomic mass is 9.93. The van der Waals surface area contributed by atoms with Crippen molar-refractivity contribution < 1.29 is 9.53 Å². The second kappa shape index (κ2) is 9.56. The van der Waals surface area contributed by atoms with Crippen LogP contribution in [-0.4, -0.2) is 51.6 Å². The van der Waals surface area contributed by atoms with E-state index in [1.54, 1.807) is 24.8 Å². The van der Waals surface area contributed by atoms with Crippen molar-refractivity contribution >= 4 is 29.0 Å². The van der Waals surface area contributed by atoms with Crippen LogP contribution in [0, 0.1) is 0 Å². The highest BCUT2D eigenvalue weighted by Gasteiger charge is 2.32. The van der Waals surface area contributed by atoms with Gasteiger partial charge in [0.1, 0.15) is 6.33 Å². The van der Waals surface area contributed by atoms with Crippen molar-refractivity contribution in [1.82, 2.24) is 19.7 Å². The number of methoxy groups -OCH3 is 1. The summed E-state index contributed by atoms with van der Waals surface area (Å²) >= 11 is 3.24. The highest BCUT2D eigenvalue weighted by Crippen LogP contribution is 2.38. The summed E-state index contributed by atoms with van der Waals surface area (Å²) < 4.78 is 7.10. The van der Waals surface area contributed by atoms with E-state index in [2.05, 4.69) is 33.8 Å². The number of thiophene rings is 1. The fourth-order valence-electron chi connectivity index (χ4n) is 3.68. The summed E-state index contributed by atoms with van der Waals surface area (Å²) in [6.07, 6.45) is 3.52. The highest BCUT2D eigenvalue weighted by atomic mass is 32.2. The number of carbonyl (C=O) groups excluding carboxylic acids is 1. The van der Waals surface area contributed by atoms with Gasteiger partial charge in [-0.3, -0.25) is 4.79 Å². The maximum Gasteiger partial charge on any atom is 0.233 e. The molecule has 0 fully saturated rings. The normalized spacial score (nSPS) is 16.0. The number of amides is 1. The molecule has 8 heteroatoms. The molecule has 0 N–H and O–H groups in total. The number of benzene rings is 1. The number of hydrogen-bond acceptors (Lipinski definition) is 6. The van der Waals surface area contributed by atoms with Crippen LogP contribution in [0.25, 0.3) is 0 Å². The van der Waals surface area contributed by atoms with Crippen LogP contribution in [0.15, 0.2) is 53.3 Å². The molecule has 0 aliphatic carbocycles. The lowest BCUT2D eigenvalue weighted by molar-refractivity contribution is -0.130. The summed E-state index contributed by atoms with van der Waals surface area (Å²) in [6, 6.07) is 12.5. The number of thioether (sulfide) groups is 1. The van der Waals surface area contributed by atoms with Crippen LogP contribution in [0.1, 0.15) is 28.5 Å². The van der Waals surface area contributed by atoms with Gasteiger partial charge in [-0.05, 0) is 35.4 Å². The Morgan fingerprint density at radius 1 is 1.31 bits per heavy atom. The standard InChI is InChI=1S/C21H24N4O2S2/c1-27-12-5-10-24-15-22-23-21(24)29-14-19(26)25-11-8-18-17(9-13-28-18)20(25)16-6-3-2-4-7-16/h2-4,6-7,9,13,15,20H,5,8,10-12,14H2,1H3. The van der Waals surface area contributed by atoms with Gasteiger partial charge >= 0.3 is 0 Å². The molecule has 0 saturated heterocycles. The second-order valence-electron chi connectivity index (χ2n) is 6.89. The van der Waals surface area contributed by atoms with Gasteiger partial charge in [0.2, 0.25) is 5.91 Å². The van der Waals surface area contributed by atoms with Gasteiger partial charge in [-0.2, -0.15) is 0 Å². The number of aryl methyl sites for hydroxylation is 1. The van der Waals surface area contributed by atoms with E-state index in [9.17, 15) is 4.79 Å². The van der Waals surface area contributed by atoms with Crippen LogP contribution in [-0.2, 0) is 22.5 Å². The minimum atomic E-state index is -0.0149. The summed E-state index contributed by atoms with van der Waals surface area (Å²) in [5, 5.41) is 11.1. The molecule has 1 aromatic carbocycles. The van der Waals surface area contributed by atoms with E-state index in [1.807, 2.05) is 27.7 Å². The molecule has 0 spiro atoms. The average molecular weight is 429 g/mol. The number of hydrogen-bond donors (Lipinski definition) is 0. The number of nitrogens with zero attached hydrogens (tertiary/aromatic N) is 4. The highest BCUT2D eigenvalue weighted by molar-refractivity contribution is 7.99. The van der Waals surface area contributed by atoms with Crippen LogP contribution < -0.4 is 0 Å². The van der Waals surface area contributed by atoms with Gasteiger partial charge in [0.25, 0.3) is 0 Å². The SMILES string of the molecule is COCCCn1cnnc1SCC(=O)N1CCc2sccc2C1c1ccccc1. The molecule has 0 saturated carbocycles. The van der Waals surface area contributed by atoms with Gasteiger partial charge in [-0.15, -0.1) is 21.5 Å². The van der Waals surface area contributed by atoms with Gasteiger partial charge in [0.15, 0.2) is 5.16 Å². The molecular weight excluding hydrogens is 404 g/mol. The number of carbonyl (C=O) groups is 1. The van der Waals surface area contributed by atoms with Gasteiger partial charge in [-0.25, -0.2) is 0 Å². The van der Waals surface area contributed by atoms with Gasteiger partial charge in [0, 0.05) is 31.7 Å². The first-order valence-corrected chi connectivity index (χ1v) is 11.5. The molecule has 1 amide bonds. The van der Waals surface area contributed by atoms with E-state index in [0.717, 1.165) is 36.7 Å². The third kappa shape index (κ3) is 4.55. The van der Waals surface area contributed by atoms with E-state index < -0.39 is 0 Å². The first-order chi connectivity index (χ1) is 14.3. The zero-order valence-corrected chi connectivity index (χ0v) is 18.0. The summed E-state index contributed by atoms with van der Waals surface area (Å²) in [5.74, 6) is 0.485. The predicted octanol–water partition coefficient (Wildman–Crippen LogP) is 3.64. The molecule has 1 atom stereocenters. The Morgan fingerprint density at radius 3 is 3.00 bits per heavy atom. The lowest BCUT2D eigenvalue weighted by Crippen LogP contribution is -2.41. The molecule has 152 valence electrons. The molecule has 4 rings (SSSR count). The van der Waals surface area contributed by atoms with Crippen molar-refractivity contribution in [3.63, 3.8) is 0 Å². The Labute approximate surface area is 178 Å². The van der Waals surface area contributed by atoms with Crippen molar-refractivity contribution in [1.29, 1.82) is 0 Å². The topological polar surface area (TPSA) is 60.2 Å². The van der Waals surface area contributed by atoms with E-state index in [1.165, 1.54) is 22.2 Å². The molecule has 1 unspecified atom stereocenters. The van der Waals surface area contributed by atoms with Crippen molar-refractivity contribution in [2.24, 2.45) is 0 Å². The monoisotopic (exact) mass is 428 g/mol. The quantitative estimate of drug-likeness (QED) is 0.405. The van der Waals surface area contributed by atoms with E-state index in [4.69, 9.17) is 4.74 Å². The Morgan fingerprint density at radius 2 is 2.17 bits per heavy atom. The fourth-order valence-corrected chi connectivity index (χ4v) is 5.41. The Bertz CT molecular complexity index is 941. The summed E-state index contributed by atoms with van der Waals surface area (Å²) in [5.41, 5.74) is 2.42. The van der Waals surface area contributed by atoms with Crippen LogP contribution in [0.3, 0.4) is 0 Å². The molecule has 3 aromatic rings. The predicted molar refractivity (Wildman–Crippen MR) is 115 cm³/mol. The smallest absolute Gasteiger partial charge is 0.233 e. The number of aromatic nitrogens is 3. The minimum Gasteiger partial charge on any atom is -0.385 e. The largest absolute Gasteiger partial charge is 0.385 e.